The molecule has 0 saturated carbocycles. The summed E-state index contributed by atoms with van der Waals surface area (Å²) >= 11 is 5.78. The van der Waals surface area contributed by atoms with Gasteiger partial charge in [-0.3, -0.25) is 9.98 Å². The molecule has 6 heteroatoms. The van der Waals surface area contributed by atoms with Gasteiger partial charge in [-0.05, 0) is 48.6 Å². The van der Waals surface area contributed by atoms with Crippen molar-refractivity contribution in [3.05, 3.63) is 58.6 Å². The maximum absolute atomic E-state index is 5.78. The molecule has 0 aliphatic carbocycles. The fourth-order valence-corrected chi connectivity index (χ4v) is 2.31. The van der Waals surface area contributed by atoms with E-state index in [0.717, 1.165) is 37.5 Å². The number of nitrogens with zero attached hydrogens (tertiary/aromatic N) is 3. The molecule has 2 aromatic rings. The van der Waals surface area contributed by atoms with E-state index in [1.807, 2.05) is 18.5 Å². The van der Waals surface area contributed by atoms with Crippen molar-refractivity contribution in [1.82, 2.24) is 20.6 Å². The van der Waals surface area contributed by atoms with Gasteiger partial charge in [-0.1, -0.05) is 17.7 Å². The summed E-state index contributed by atoms with van der Waals surface area (Å²) in [7, 11) is 1.77. The van der Waals surface area contributed by atoms with Gasteiger partial charge in [-0.25, -0.2) is 4.98 Å². The summed E-state index contributed by atoms with van der Waals surface area (Å²) in [5.41, 5.74) is 3.66. The fourth-order valence-electron chi connectivity index (χ4n) is 2.20. The van der Waals surface area contributed by atoms with Crippen molar-refractivity contribution in [3.8, 4) is 0 Å². The number of nitrogens with one attached hydrogen (secondary N) is 2. The van der Waals surface area contributed by atoms with E-state index in [0.29, 0.717) is 5.15 Å². The van der Waals surface area contributed by atoms with E-state index >= 15 is 0 Å². The van der Waals surface area contributed by atoms with Gasteiger partial charge < -0.3 is 10.6 Å². The van der Waals surface area contributed by atoms with E-state index in [1.54, 1.807) is 19.3 Å². The molecule has 0 unspecified atom stereocenters. The highest BCUT2D eigenvalue weighted by Gasteiger charge is 2.01. The Morgan fingerprint density at radius 1 is 1.13 bits per heavy atom. The molecule has 0 atom stereocenters. The van der Waals surface area contributed by atoms with Crippen molar-refractivity contribution in [2.75, 3.05) is 20.1 Å². The SMILES string of the molecule is CN=C(NCCc1ccc(Cl)nc1)NCCc1ccncc1C. The van der Waals surface area contributed by atoms with Crippen LogP contribution in [-0.4, -0.2) is 36.1 Å². The van der Waals surface area contributed by atoms with Crippen LogP contribution in [0.15, 0.2) is 41.8 Å². The lowest BCUT2D eigenvalue weighted by atomic mass is 10.1. The van der Waals surface area contributed by atoms with Crippen LogP contribution in [0.2, 0.25) is 5.15 Å². The van der Waals surface area contributed by atoms with Crippen LogP contribution in [0.3, 0.4) is 0 Å². The molecule has 0 amide bonds. The topological polar surface area (TPSA) is 62.2 Å². The van der Waals surface area contributed by atoms with Gasteiger partial charge in [0.15, 0.2) is 5.96 Å². The van der Waals surface area contributed by atoms with Gasteiger partial charge in [0, 0.05) is 38.7 Å². The standard InChI is InChI=1S/C17H22ClN5/c1-13-11-20-8-6-15(13)7-10-22-17(19-2)21-9-5-14-3-4-16(18)23-12-14/h3-4,6,8,11-12H,5,7,9-10H2,1-2H3,(H2,19,21,22). The second-order valence-electron chi connectivity index (χ2n) is 5.22. The minimum Gasteiger partial charge on any atom is -0.356 e. The van der Waals surface area contributed by atoms with Gasteiger partial charge in [0.1, 0.15) is 5.15 Å². The van der Waals surface area contributed by atoms with Crippen molar-refractivity contribution in [2.45, 2.75) is 19.8 Å². The van der Waals surface area contributed by atoms with Crippen LogP contribution in [0.5, 0.6) is 0 Å². The number of aliphatic imine (C=N–C) groups is 1. The normalized spacial score (nSPS) is 11.3. The Bertz CT molecular complexity index is 640. The van der Waals surface area contributed by atoms with Crippen molar-refractivity contribution in [3.63, 3.8) is 0 Å². The van der Waals surface area contributed by atoms with Crippen LogP contribution in [0, 0.1) is 6.92 Å². The quantitative estimate of drug-likeness (QED) is 0.485. The van der Waals surface area contributed by atoms with Crippen LogP contribution in [0.25, 0.3) is 0 Å². The third-order valence-electron chi connectivity index (χ3n) is 3.54. The third kappa shape index (κ3) is 5.87. The summed E-state index contributed by atoms with van der Waals surface area (Å²) in [5, 5.41) is 7.14. The van der Waals surface area contributed by atoms with E-state index in [-0.39, 0.29) is 0 Å². The van der Waals surface area contributed by atoms with E-state index in [1.165, 1.54) is 11.1 Å². The van der Waals surface area contributed by atoms with E-state index in [9.17, 15) is 0 Å². The molecule has 0 aliphatic heterocycles. The lowest BCUT2D eigenvalue weighted by Crippen LogP contribution is -2.39. The lowest BCUT2D eigenvalue weighted by molar-refractivity contribution is 0.781. The van der Waals surface area contributed by atoms with Gasteiger partial charge in [0.05, 0.1) is 0 Å². The molecule has 2 heterocycles. The number of rotatable bonds is 6. The average molecular weight is 332 g/mol. The zero-order valence-electron chi connectivity index (χ0n) is 13.5. The molecule has 0 spiro atoms. The number of aryl methyl sites for hydroxylation is 1. The summed E-state index contributed by atoms with van der Waals surface area (Å²) in [4.78, 5) is 12.4. The minimum atomic E-state index is 0.519. The minimum absolute atomic E-state index is 0.519. The first-order valence-electron chi connectivity index (χ1n) is 7.63. The zero-order chi connectivity index (χ0) is 16.5. The number of aromatic nitrogens is 2. The largest absolute Gasteiger partial charge is 0.356 e. The van der Waals surface area contributed by atoms with Gasteiger partial charge in [-0.2, -0.15) is 0 Å². The van der Waals surface area contributed by atoms with E-state index in [2.05, 4.69) is 38.6 Å². The molecule has 0 fully saturated rings. The van der Waals surface area contributed by atoms with E-state index < -0.39 is 0 Å². The van der Waals surface area contributed by atoms with Gasteiger partial charge in [0.25, 0.3) is 0 Å². The van der Waals surface area contributed by atoms with Crippen LogP contribution < -0.4 is 10.6 Å². The third-order valence-corrected chi connectivity index (χ3v) is 3.77. The summed E-state index contributed by atoms with van der Waals surface area (Å²) in [5.74, 6) is 0.804. The summed E-state index contributed by atoms with van der Waals surface area (Å²) in [6.45, 7) is 3.69. The van der Waals surface area contributed by atoms with Crippen LogP contribution in [-0.2, 0) is 12.8 Å². The monoisotopic (exact) mass is 331 g/mol. The molecule has 0 aliphatic rings. The Labute approximate surface area is 142 Å². The highest BCUT2D eigenvalue weighted by atomic mass is 35.5. The van der Waals surface area contributed by atoms with Crippen molar-refractivity contribution < 1.29 is 0 Å². The summed E-state index contributed by atoms with van der Waals surface area (Å²) in [6, 6.07) is 5.85. The number of hydrogen-bond acceptors (Lipinski definition) is 3. The fraction of sp³-hybridized carbons (Fsp3) is 0.353. The molecule has 2 N–H and O–H groups in total. The maximum Gasteiger partial charge on any atom is 0.190 e. The Hall–Kier alpha value is -2.14. The van der Waals surface area contributed by atoms with Gasteiger partial charge in [0.2, 0.25) is 0 Å². The maximum atomic E-state index is 5.78. The lowest BCUT2D eigenvalue weighted by Gasteiger charge is -2.12. The number of pyridine rings is 2. The first kappa shape index (κ1) is 17.2. The molecule has 2 rings (SSSR count). The molecular weight excluding hydrogens is 310 g/mol. The molecule has 2 aromatic heterocycles. The highest BCUT2D eigenvalue weighted by molar-refractivity contribution is 6.29. The first-order chi connectivity index (χ1) is 11.2. The number of guanidine groups is 1. The highest BCUT2D eigenvalue weighted by Crippen LogP contribution is 2.06. The Morgan fingerprint density at radius 2 is 1.91 bits per heavy atom. The molecule has 0 radical (unpaired) electrons. The van der Waals surface area contributed by atoms with Gasteiger partial charge in [-0.15, -0.1) is 0 Å². The van der Waals surface area contributed by atoms with Crippen molar-refractivity contribution in [2.24, 2.45) is 4.99 Å². The molecule has 0 saturated heterocycles. The van der Waals surface area contributed by atoms with Crippen molar-refractivity contribution >= 4 is 17.6 Å². The molecule has 0 bridgehead atoms. The van der Waals surface area contributed by atoms with Crippen LogP contribution in [0.4, 0.5) is 0 Å². The van der Waals surface area contributed by atoms with Gasteiger partial charge >= 0.3 is 0 Å². The summed E-state index contributed by atoms with van der Waals surface area (Å²) < 4.78 is 0. The zero-order valence-corrected chi connectivity index (χ0v) is 14.3. The number of halogens is 1. The molecular formula is C17H22ClN5. The second kappa shape index (κ2) is 9.10. The Balaban J connectivity index is 1.71. The molecule has 122 valence electrons. The second-order valence-corrected chi connectivity index (χ2v) is 5.60. The first-order valence-corrected chi connectivity index (χ1v) is 8.01. The molecule has 23 heavy (non-hydrogen) atoms. The Morgan fingerprint density at radius 3 is 2.57 bits per heavy atom. The van der Waals surface area contributed by atoms with Crippen LogP contribution in [0.1, 0.15) is 16.7 Å². The molecule has 0 aromatic carbocycles. The smallest absolute Gasteiger partial charge is 0.190 e. The Kier molecular flexibility index (Phi) is 6.81. The predicted molar refractivity (Wildman–Crippen MR) is 95.0 cm³/mol. The van der Waals surface area contributed by atoms with E-state index in [4.69, 9.17) is 11.6 Å². The predicted octanol–water partition coefficient (Wildman–Crippen LogP) is 2.39. The number of hydrogen-bond donors (Lipinski definition) is 2. The van der Waals surface area contributed by atoms with Crippen molar-refractivity contribution in [1.29, 1.82) is 0 Å². The average Bonchev–Trinajstić information content (AvgIpc) is 2.57. The van der Waals surface area contributed by atoms with Crippen LogP contribution >= 0.6 is 11.6 Å². The molecule has 5 nitrogen and oxygen atoms in total. The summed E-state index contributed by atoms with van der Waals surface area (Å²) in [6.07, 6.45) is 7.33.